The minimum atomic E-state index is -0.906. The van der Waals surface area contributed by atoms with E-state index in [0.717, 1.165) is 56.7 Å². The number of anilines is 2. The number of rotatable bonds is 9. The molecule has 3 aliphatic rings. The Morgan fingerprint density at radius 3 is 2.46 bits per heavy atom. The Bertz CT molecular complexity index is 1280. The van der Waals surface area contributed by atoms with Gasteiger partial charge < -0.3 is 10.4 Å². The maximum atomic E-state index is 14.2. The van der Waals surface area contributed by atoms with Crippen molar-refractivity contribution in [1.29, 1.82) is 0 Å². The zero-order valence-corrected chi connectivity index (χ0v) is 23.3. The first-order chi connectivity index (χ1) is 19.8. The predicted octanol–water partition coefficient (Wildman–Crippen LogP) is 5.31. The van der Waals surface area contributed by atoms with E-state index in [1.165, 1.54) is 18.6 Å². The highest BCUT2D eigenvalue weighted by atomic mass is 19.1. The van der Waals surface area contributed by atoms with E-state index in [2.05, 4.69) is 15.5 Å². The molecule has 2 heterocycles. The van der Waals surface area contributed by atoms with Crippen LogP contribution in [0.3, 0.4) is 0 Å². The summed E-state index contributed by atoms with van der Waals surface area (Å²) in [5, 5.41) is 14.6. The van der Waals surface area contributed by atoms with Crippen molar-refractivity contribution in [3.8, 4) is 0 Å². The number of benzene rings is 2. The third-order valence-corrected chi connectivity index (χ3v) is 8.37. The summed E-state index contributed by atoms with van der Waals surface area (Å²) in [5.74, 6) is -0.758. The van der Waals surface area contributed by atoms with Crippen LogP contribution < -0.4 is 15.5 Å². The Morgan fingerprint density at radius 2 is 1.78 bits per heavy atom. The third-order valence-electron chi connectivity index (χ3n) is 8.37. The van der Waals surface area contributed by atoms with Gasteiger partial charge in [0.05, 0.1) is 6.04 Å². The first-order valence-corrected chi connectivity index (χ1v) is 14.6. The number of hydrogen-bond donors (Lipinski definition) is 3. The first-order valence-electron chi connectivity index (χ1n) is 14.6. The normalized spacial score (nSPS) is 20.4. The van der Waals surface area contributed by atoms with Crippen molar-refractivity contribution >= 4 is 35.1 Å². The van der Waals surface area contributed by atoms with Crippen LogP contribution in [0.25, 0.3) is 0 Å². The van der Waals surface area contributed by atoms with Gasteiger partial charge in [0, 0.05) is 43.9 Å². The number of carbonyl (C=O) groups excluding carboxylic acids is 2. The van der Waals surface area contributed by atoms with Crippen LogP contribution in [0.1, 0.15) is 69.8 Å². The van der Waals surface area contributed by atoms with Crippen LogP contribution >= 0.6 is 0 Å². The number of carboxylic acid groups (broad SMARTS) is 1. The maximum absolute atomic E-state index is 14.2. The van der Waals surface area contributed by atoms with Crippen LogP contribution in [0, 0.1) is 5.82 Å². The molecule has 0 atom stereocenters. The van der Waals surface area contributed by atoms with Gasteiger partial charge >= 0.3 is 12.0 Å². The summed E-state index contributed by atoms with van der Waals surface area (Å²) >= 11 is 0. The summed E-state index contributed by atoms with van der Waals surface area (Å²) in [6.45, 7) is 2.21. The molecule has 0 unspecified atom stereocenters. The number of piperidine rings is 1. The van der Waals surface area contributed by atoms with Crippen molar-refractivity contribution in [3.63, 3.8) is 0 Å². The Morgan fingerprint density at radius 1 is 1.05 bits per heavy atom. The minimum Gasteiger partial charge on any atom is -0.481 e. The Hall–Kier alpha value is -3.79. The molecule has 3 N–H and O–H groups in total. The maximum Gasteiger partial charge on any atom is 0.328 e. The molecular weight excluding hydrogens is 525 g/mol. The SMILES string of the molecule is O=C(O)CCCC(=O)Nc1ccc(CN2CCC3(CC2)C(=NC2CCCCC2)NC(=O)N3c2cccc(F)c2)cc1. The number of likely N-dealkylation sites (tertiary alicyclic amines) is 1. The Kier molecular flexibility index (Phi) is 8.97. The second-order valence-electron chi connectivity index (χ2n) is 11.3. The van der Waals surface area contributed by atoms with E-state index in [4.69, 9.17) is 10.1 Å². The zero-order chi connectivity index (χ0) is 28.8. The molecule has 218 valence electrons. The number of nitrogens with one attached hydrogen (secondary N) is 2. The van der Waals surface area contributed by atoms with Crippen LogP contribution in [-0.2, 0) is 16.1 Å². The lowest BCUT2D eigenvalue weighted by Crippen LogP contribution is -2.57. The average Bonchev–Trinajstić information content (AvgIpc) is 3.21. The summed E-state index contributed by atoms with van der Waals surface area (Å²) < 4.78 is 14.2. The molecular formula is C31H38FN5O4. The highest BCUT2D eigenvalue weighted by Crippen LogP contribution is 2.39. The van der Waals surface area contributed by atoms with Crippen molar-refractivity contribution in [2.24, 2.45) is 4.99 Å². The average molecular weight is 564 g/mol. The van der Waals surface area contributed by atoms with Crippen LogP contribution in [0.2, 0.25) is 0 Å². The van der Waals surface area contributed by atoms with Crippen LogP contribution in [0.5, 0.6) is 0 Å². The van der Waals surface area contributed by atoms with Gasteiger partial charge in [-0.1, -0.05) is 37.5 Å². The van der Waals surface area contributed by atoms with Crippen molar-refractivity contribution in [1.82, 2.24) is 10.2 Å². The molecule has 10 heteroatoms. The lowest BCUT2D eigenvalue weighted by Gasteiger charge is -2.44. The molecule has 2 saturated heterocycles. The molecule has 3 amide bonds. The van der Waals surface area contributed by atoms with E-state index >= 15 is 0 Å². The molecule has 1 spiro atoms. The number of aliphatic carboxylic acids is 1. The summed E-state index contributed by atoms with van der Waals surface area (Å²) in [4.78, 5) is 45.2. The fourth-order valence-corrected chi connectivity index (χ4v) is 6.22. The molecule has 1 saturated carbocycles. The lowest BCUT2D eigenvalue weighted by molar-refractivity contribution is -0.137. The number of nitrogens with zero attached hydrogens (tertiary/aromatic N) is 3. The van der Waals surface area contributed by atoms with E-state index in [0.29, 0.717) is 30.6 Å². The van der Waals surface area contributed by atoms with Gasteiger partial charge in [-0.2, -0.15) is 0 Å². The molecule has 2 aliphatic heterocycles. The van der Waals surface area contributed by atoms with Crippen molar-refractivity contribution in [2.75, 3.05) is 23.3 Å². The molecule has 2 aromatic rings. The van der Waals surface area contributed by atoms with E-state index < -0.39 is 11.5 Å². The summed E-state index contributed by atoms with van der Waals surface area (Å²) in [7, 11) is 0. The number of hydrogen-bond acceptors (Lipinski definition) is 5. The summed E-state index contributed by atoms with van der Waals surface area (Å²) in [5.41, 5.74) is 1.69. The van der Waals surface area contributed by atoms with Gasteiger partial charge in [0.25, 0.3) is 0 Å². The zero-order valence-electron chi connectivity index (χ0n) is 23.3. The predicted molar refractivity (Wildman–Crippen MR) is 156 cm³/mol. The van der Waals surface area contributed by atoms with E-state index in [1.807, 2.05) is 24.3 Å². The van der Waals surface area contributed by atoms with Gasteiger partial charge in [-0.25, -0.2) is 9.18 Å². The highest BCUT2D eigenvalue weighted by Gasteiger charge is 2.53. The summed E-state index contributed by atoms with van der Waals surface area (Å²) in [6.07, 6.45) is 7.39. The molecule has 0 aromatic heterocycles. The smallest absolute Gasteiger partial charge is 0.328 e. The molecule has 1 aliphatic carbocycles. The van der Waals surface area contributed by atoms with Crippen LogP contribution in [-0.4, -0.2) is 58.4 Å². The number of urea groups is 1. The molecule has 41 heavy (non-hydrogen) atoms. The standard InChI is InChI=1S/C31H38FN5O4/c32-23-6-4-9-26(20-23)37-30(41)35-29(34-24-7-2-1-3-8-24)31(37)16-18-36(19-17-31)21-22-12-14-25(15-13-22)33-27(38)10-5-11-28(39)40/h4,6,9,12-15,20,24H,1-3,5,7-8,10-11,16-19,21H2,(H,33,38)(H,39,40)(H,34,35,41). The topological polar surface area (TPSA) is 114 Å². The largest absolute Gasteiger partial charge is 0.481 e. The quantitative estimate of drug-likeness (QED) is 0.382. The van der Waals surface area contributed by atoms with E-state index in [1.54, 1.807) is 17.0 Å². The van der Waals surface area contributed by atoms with Crippen molar-refractivity contribution in [3.05, 3.63) is 59.9 Å². The Balaban J connectivity index is 1.26. The lowest BCUT2D eigenvalue weighted by atomic mass is 9.84. The second kappa shape index (κ2) is 12.8. The van der Waals surface area contributed by atoms with Crippen molar-refractivity contribution in [2.45, 2.75) is 82.3 Å². The Labute approximate surface area is 239 Å². The fourth-order valence-electron chi connectivity index (χ4n) is 6.22. The minimum absolute atomic E-state index is 0.0262. The number of halogens is 1. The van der Waals surface area contributed by atoms with Gasteiger partial charge in [-0.15, -0.1) is 0 Å². The fraction of sp³-hybridized carbons (Fsp3) is 0.484. The molecule has 0 bridgehead atoms. The number of amidine groups is 1. The highest BCUT2D eigenvalue weighted by molar-refractivity contribution is 6.19. The molecule has 0 radical (unpaired) electrons. The van der Waals surface area contributed by atoms with Gasteiger partial charge in [-0.05, 0) is 68.0 Å². The first kappa shape index (κ1) is 28.7. The van der Waals surface area contributed by atoms with E-state index in [9.17, 15) is 18.8 Å². The molecule has 9 nitrogen and oxygen atoms in total. The summed E-state index contributed by atoms with van der Waals surface area (Å²) in [6, 6.07) is 13.9. The van der Waals surface area contributed by atoms with Crippen molar-refractivity contribution < 1.29 is 23.9 Å². The van der Waals surface area contributed by atoms with Gasteiger partial charge in [-0.3, -0.25) is 29.7 Å². The number of carboxylic acids is 1. The number of amides is 3. The second-order valence-corrected chi connectivity index (χ2v) is 11.3. The monoisotopic (exact) mass is 563 g/mol. The number of aliphatic imine (C=N–C) groups is 1. The van der Waals surface area contributed by atoms with Gasteiger partial charge in [0.2, 0.25) is 5.91 Å². The number of carbonyl (C=O) groups is 3. The van der Waals surface area contributed by atoms with Gasteiger partial charge in [0.1, 0.15) is 17.2 Å². The molecule has 5 rings (SSSR count). The van der Waals surface area contributed by atoms with Crippen LogP contribution in [0.4, 0.5) is 20.6 Å². The van der Waals surface area contributed by atoms with Gasteiger partial charge in [0.15, 0.2) is 0 Å². The molecule has 2 aromatic carbocycles. The van der Waals surface area contributed by atoms with Crippen LogP contribution in [0.15, 0.2) is 53.5 Å². The third kappa shape index (κ3) is 6.93. The molecule has 3 fully saturated rings. The van der Waals surface area contributed by atoms with E-state index in [-0.39, 0.29) is 36.6 Å².